The number of benzene rings is 4. The number of aromatic nitrogens is 4. The summed E-state index contributed by atoms with van der Waals surface area (Å²) < 4.78 is 26.0. The van der Waals surface area contributed by atoms with E-state index in [4.69, 9.17) is 47.2 Å². The molecule has 370 valence electrons. The van der Waals surface area contributed by atoms with Crippen LogP contribution in [0.4, 0.5) is 0 Å². The number of ether oxygens (including phenoxy) is 4. The average molecular weight is 1010 g/mol. The maximum Gasteiger partial charge on any atom is 0.325 e. The molecule has 0 bridgehead atoms. The Balaban J connectivity index is 1.13. The minimum Gasteiger partial charge on any atom is -0.489 e. The summed E-state index contributed by atoms with van der Waals surface area (Å²) in [4.78, 5) is 32.5. The van der Waals surface area contributed by atoms with Gasteiger partial charge in [0.2, 0.25) is 0 Å². The van der Waals surface area contributed by atoms with Gasteiger partial charge in [-0.25, -0.2) is 0 Å². The number of carbonyl (C=O) groups excluding carboxylic acids is 1. The number of hydrogen-bond donors (Lipinski definition) is 5. The van der Waals surface area contributed by atoms with Crippen LogP contribution in [0.3, 0.4) is 0 Å². The normalized spacial score (nSPS) is 12.0. The second kappa shape index (κ2) is 24.5. The van der Waals surface area contributed by atoms with Crippen molar-refractivity contribution >= 4 is 46.0 Å². The number of aliphatic hydroxyl groups is 2. The Morgan fingerprint density at radius 1 is 0.694 bits per heavy atom. The summed E-state index contributed by atoms with van der Waals surface area (Å²) in [7, 11) is 0. The van der Waals surface area contributed by atoms with Crippen LogP contribution >= 0.6 is 23.2 Å². The van der Waals surface area contributed by atoms with Gasteiger partial charge in [0.15, 0.2) is 0 Å². The first-order chi connectivity index (χ1) is 34.8. The number of pyridine rings is 2. The van der Waals surface area contributed by atoms with Crippen LogP contribution in [0, 0.1) is 29.6 Å². The number of rotatable bonds is 23. The molecule has 17 nitrogen and oxygen atoms in total. The highest BCUT2D eigenvalue weighted by Gasteiger charge is 2.23. The van der Waals surface area contributed by atoms with Crippen molar-refractivity contribution in [3.63, 3.8) is 0 Å². The molecule has 0 fully saturated rings. The van der Waals surface area contributed by atoms with E-state index in [9.17, 15) is 35.4 Å². The Hall–Kier alpha value is -7.61. The Kier molecular flexibility index (Phi) is 17.8. The van der Waals surface area contributed by atoms with Crippen LogP contribution in [0.15, 0.2) is 104 Å². The molecule has 7 aromatic rings. The van der Waals surface area contributed by atoms with Gasteiger partial charge < -0.3 is 34.3 Å². The second-order valence-corrected chi connectivity index (χ2v) is 17.7. The van der Waals surface area contributed by atoms with Gasteiger partial charge in [-0.2, -0.15) is 15.6 Å². The zero-order chi connectivity index (χ0) is 51.3. The maximum atomic E-state index is 12.6. The molecule has 0 aliphatic rings. The van der Waals surface area contributed by atoms with Gasteiger partial charge in [-0.1, -0.05) is 53.5 Å². The standard InChI is InChI=1S/C53H50Cl2N8O9/c1-31(2)72-53(68)47(27-65)61-23-39-13-45(55)51(15-50(39)70-29-36-11-34(17-57)19-59-21-36)71-30-37-6-4-7-41(32(37)3)42-8-5-9-48-43(42)24-62-63(48)25-40-14-49(69-28-35-10-33(16-56)18-58-20-35)38(12-44(40)54)22-60-46(26-64)52(66)67/h4-15,18-21,24,31,46-47,60-61,64-65H,22-23,25-30H2,1-3H3,(H,66,67). The lowest BCUT2D eigenvalue weighted by Gasteiger charge is -2.20. The summed E-state index contributed by atoms with van der Waals surface area (Å²) >= 11 is 13.8. The van der Waals surface area contributed by atoms with Gasteiger partial charge in [-0.15, -0.1) is 0 Å². The number of aliphatic carboxylic acids is 1. The van der Waals surface area contributed by atoms with Crippen molar-refractivity contribution in [1.82, 2.24) is 30.4 Å². The first-order valence-corrected chi connectivity index (χ1v) is 23.4. The van der Waals surface area contributed by atoms with Crippen molar-refractivity contribution in [3.8, 4) is 40.5 Å². The lowest BCUT2D eigenvalue weighted by atomic mass is 9.94. The molecule has 72 heavy (non-hydrogen) atoms. The Labute approximate surface area is 425 Å². The molecule has 0 saturated heterocycles. The zero-order valence-electron chi connectivity index (χ0n) is 39.4. The van der Waals surface area contributed by atoms with Gasteiger partial charge in [-0.3, -0.25) is 34.9 Å². The number of nitriles is 2. The number of carboxylic acids is 1. The molecule has 19 heteroatoms. The number of nitrogens with one attached hydrogen (secondary N) is 2. The molecule has 3 aromatic heterocycles. The van der Waals surface area contributed by atoms with E-state index < -0.39 is 37.2 Å². The largest absolute Gasteiger partial charge is 0.489 e. The van der Waals surface area contributed by atoms with Crippen molar-refractivity contribution in [2.75, 3.05) is 13.2 Å². The van der Waals surface area contributed by atoms with E-state index in [0.717, 1.165) is 33.2 Å². The fourth-order valence-electron chi connectivity index (χ4n) is 7.71. The summed E-state index contributed by atoms with van der Waals surface area (Å²) in [6.45, 7) is 4.97. The number of esters is 1. The summed E-state index contributed by atoms with van der Waals surface area (Å²) in [6, 6.07) is 24.0. The van der Waals surface area contributed by atoms with Crippen molar-refractivity contribution in [2.24, 2.45) is 0 Å². The van der Waals surface area contributed by atoms with Gasteiger partial charge in [0.05, 0.1) is 53.7 Å². The lowest BCUT2D eigenvalue weighted by molar-refractivity contribution is -0.151. The van der Waals surface area contributed by atoms with Crippen LogP contribution in [0.5, 0.6) is 17.2 Å². The topological polar surface area (TPSA) is 247 Å². The molecule has 0 aliphatic carbocycles. The van der Waals surface area contributed by atoms with Crippen LogP contribution in [-0.4, -0.2) is 78.4 Å². The third-order valence-electron chi connectivity index (χ3n) is 11.5. The van der Waals surface area contributed by atoms with Gasteiger partial charge in [-0.05, 0) is 85.0 Å². The van der Waals surface area contributed by atoms with E-state index in [2.05, 4.69) is 32.7 Å². The number of fused-ring (bicyclic) bond motifs is 1. The smallest absolute Gasteiger partial charge is 0.325 e. The predicted octanol–water partition coefficient (Wildman–Crippen LogP) is 7.57. The summed E-state index contributed by atoms with van der Waals surface area (Å²) in [5.74, 6) is -0.680. The third kappa shape index (κ3) is 13.0. The van der Waals surface area contributed by atoms with Gasteiger partial charge in [0.1, 0.15) is 61.3 Å². The Morgan fingerprint density at radius 2 is 1.28 bits per heavy atom. The highest BCUT2D eigenvalue weighted by atomic mass is 35.5. The number of carboxylic acid groups (broad SMARTS) is 1. The molecule has 5 N–H and O–H groups in total. The van der Waals surface area contributed by atoms with E-state index in [1.54, 1.807) is 68.8 Å². The molecule has 2 atom stereocenters. The molecule has 4 aromatic carbocycles. The monoisotopic (exact) mass is 1010 g/mol. The Morgan fingerprint density at radius 3 is 1.89 bits per heavy atom. The highest BCUT2D eigenvalue weighted by Crippen LogP contribution is 2.37. The molecule has 7 rings (SSSR count). The van der Waals surface area contributed by atoms with E-state index in [-0.39, 0.29) is 50.6 Å². The molecule has 0 radical (unpaired) electrons. The number of nitrogens with zero attached hydrogens (tertiary/aromatic N) is 6. The number of hydrogen-bond acceptors (Lipinski definition) is 15. The average Bonchev–Trinajstić information content (AvgIpc) is 3.79. The van der Waals surface area contributed by atoms with E-state index in [0.29, 0.717) is 61.2 Å². The molecule has 0 saturated carbocycles. The summed E-state index contributed by atoms with van der Waals surface area (Å²) in [5, 5.41) is 60.1. The van der Waals surface area contributed by atoms with Crippen molar-refractivity contribution in [2.45, 2.75) is 78.4 Å². The van der Waals surface area contributed by atoms with Gasteiger partial charge in [0, 0.05) is 76.6 Å². The van der Waals surface area contributed by atoms with Crippen LogP contribution in [0.2, 0.25) is 10.0 Å². The molecule has 2 unspecified atom stereocenters. The number of halogens is 2. The number of carbonyl (C=O) groups is 2. The first kappa shape index (κ1) is 52.2. The summed E-state index contributed by atoms with van der Waals surface area (Å²) in [5.41, 5.74) is 8.40. The lowest BCUT2D eigenvalue weighted by Crippen LogP contribution is -2.41. The SMILES string of the molecule is Cc1c(COc2cc(OCc3cncc(C#N)c3)c(CNC(CO)C(=O)OC(C)C)cc2Cl)cccc1-c1cccc2c1cnn2Cc1cc(OCc2cncc(C#N)c2)c(CNC(CO)C(=O)O)cc1Cl. The maximum absolute atomic E-state index is 12.6. The van der Waals surface area contributed by atoms with Crippen LogP contribution < -0.4 is 24.8 Å². The second-order valence-electron chi connectivity index (χ2n) is 16.9. The minimum atomic E-state index is -1.21. The fourth-order valence-corrected chi connectivity index (χ4v) is 8.20. The van der Waals surface area contributed by atoms with Crippen molar-refractivity contribution < 1.29 is 43.9 Å². The molecule has 0 aliphatic heterocycles. The predicted molar refractivity (Wildman–Crippen MR) is 267 cm³/mol. The minimum absolute atomic E-state index is 0.0254. The number of aliphatic hydroxyl groups excluding tert-OH is 2. The quantitative estimate of drug-likeness (QED) is 0.0388. The van der Waals surface area contributed by atoms with E-state index >= 15 is 0 Å². The molecular weight excluding hydrogens is 964 g/mol. The van der Waals surface area contributed by atoms with Crippen LogP contribution in [0.25, 0.3) is 22.0 Å². The molecule has 0 spiro atoms. The van der Waals surface area contributed by atoms with Crippen molar-refractivity contribution in [3.05, 3.63) is 164 Å². The van der Waals surface area contributed by atoms with Crippen LogP contribution in [0.1, 0.15) is 63.9 Å². The zero-order valence-corrected chi connectivity index (χ0v) is 40.9. The van der Waals surface area contributed by atoms with Gasteiger partial charge in [0.25, 0.3) is 0 Å². The fraction of sp³-hybridized carbons (Fsp3) is 0.264. The highest BCUT2D eigenvalue weighted by molar-refractivity contribution is 6.32. The molecular formula is C53H50Cl2N8O9. The molecule has 0 amide bonds. The Bertz CT molecular complexity index is 3170. The third-order valence-corrected chi connectivity index (χ3v) is 12.1. The van der Waals surface area contributed by atoms with E-state index in [1.165, 1.54) is 12.4 Å². The van der Waals surface area contributed by atoms with Gasteiger partial charge >= 0.3 is 11.9 Å². The van der Waals surface area contributed by atoms with E-state index in [1.807, 2.05) is 48.0 Å². The van der Waals surface area contributed by atoms with Crippen molar-refractivity contribution in [1.29, 1.82) is 10.5 Å². The summed E-state index contributed by atoms with van der Waals surface area (Å²) in [6.07, 6.45) is 7.52. The van der Waals surface area contributed by atoms with Crippen LogP contribution in [-0.2, 0) is 53.8 Å². The molecule has 3 heterocycles. The first-order valence-electron chi connectivity index (χ1n) is 22.6.